The Hall–Kier alpha value is -2.50. The number of carbonyl (C=O) groups is 1. The highest BCUT2D eigenvalue weighted by Gasteiger charge is 2.29. The molecule has 0 fully saturated rings. The van der Waals surface area contributed by atoms with Gasteiger partial charge < -0.3 is 19.3 Å². The summed E-state index contributed by atoms with van der Waals surface area (Å²) in [6.45, 7) is 4.60. The lowest BCUT2D eigenvalue weighted by Crippen LogP contribution is -2.25. The number of anilines is 1. The van der Waals surface area contributed by atoms with Crippen molar-refractivity contribution in [2.45, 2.75) is 32.2 Å². The number of esters is 1. The third-order valence-corrected chi connectivity index (χ3v) is 4.42. The molecule has 0 saturated heterocycles. The standard InChI is InChI=1S/C18H23N3O3/c1-2-24-18(23)6-9-21-12-14(5-8-20-10-7-19-13-20)16-11-15(22)3-4-17(16)21/h3-4,7,10-11,13-14,22H,2,5-6,8-9,12H2,1H3. The molecule has 1 aromatic carbocycles. The van der Waals surface area contributed by atoms with Gasteiger partial charge in [0.2, 0.25) is 0 Å². The molecule has 0 amide bonds. The Morgan fingerprint density at radius 3 is 3.04 bits per heavy atom. The second kappa shape index (κ2) is 7.38. The molecule has 0 spiro atoms. The number of rotatable bonds is 7. The molecule has 2 aromatic rings. The SMILES string of the molecule is CCOC(=O)CCN1CC(CCn2ccnc2)c2cc(O)ccc21. The number of nitrogens with zero attached hydrogens (tertiary/aromatic N) is 3. The van der Waals surface area contributed by atoms with Gasteiger partial charge in [-0.1, -0.05) is 0 Å². The van der Waals surface area contributed by atoms with Gasteiger partial charge in [0.25, 0.3) is 0 Å². The minimum atomic E-state index is -0.167. The fourth-order valence-electron chi connectivity index (χ4n) is 3.26. The van der Waals surface area contributed by atoms with Crippen molar-refractivity contribution in [3.63, 3.8) is 0 Å². The maximum Gasteiger partial charge on any atom is 0.307 e. The molecular weight excluding hydrogens is 306 g/mol. The van der Waals surface area contributed by atoms with E-state index in [1.54, 1.807) is 12.3 Å². The molecule has 1 aromatic heterocycles. The first-order valence-electron chi connectivity index (χ1n) is 8.36. The largest absolute Gasteiger partial charge is 0.508 e. The van der Waals surface area contributed by atoms with Crippen molar-refractivity contribution in [2.24, 2.45) is 0 Å². The molecule has 0 aliphatic carbocycles. The van der Waals surface area contributed by atoms with Crippen LogP contribution in [0.3, 0.4) is 0 Å². The maximum atomic E-state index is 11.6. The molecule has 1 unspecified atom stereocenters. The molecule has 0 bridgehead atoms. The summed E-state index contributed by atoms with van der Waals surface area (Å²) < 4.78 is 7.08. The first kappa shape index (κ1) is 16.4. The quantitative estimate of drug-likeness (QED) is 0.791. The molecule has 6 nitrogen and oxygen atoms in total. The fourth-order valence-corrected chi connectivity index (χ4v) is 3.26. The van der Waals surface area contributed by atoms with E-state index in [1.165, 1.54) is 0 Å². The number of aromatic hydroxyl groups is 1. The number of carbonyl (C=O) groups excluding carboxylic acids is 1. The van der Waals surface area contributed by atoms with E-state index in [9.17, 15) is 9.90 Å². The van der Waals surface area contributed by atoms with Crippen molar-refractivity contribution in [1.29, 1.82) is 0 Å². The van der Waals surface area contributed by atoms with Crippen LogP contribution in [0.1, 0.15) is 31.2 Å². The van der Waals surface area contributed by atoms with Crippen molar-refractivity contribution in [3.8, 4) is 5.75 Å². The zero-order valence-electron chi connectivity index (χ0n) is 13.9. The zero-order valence-corrected chi connectivity index (χ0v) is 13.9. The lowest BCUT2D eigenvalue weighted by Gasteiger charge is -2.19. The van der Waals surface area contributed by atoms with Crippen molar-refractivity contribution in [2.75, 3.05) is 24.6 Å². The summed E-state index contributed by atoms with van der Waals surface area (Å²) in [5, 5.41) is 9.83. The molecule has 1 N–H and O–H groups in total. The Balaban J connectivity index is 1.68. The van der Waals surface area contributed by atoms with Crippen molar-refractivity contribution >= 4 is 11.7 Å². The summed E-state index contributed by atoms with van der Waals surface area (Å²) in [6, 6.07) is 5.49. The third-order valence-electron chi connectivity index (χ3n) is 4.42. The van der Waals surface area contributed by atoms with Crippen LogP contribution in [0.2, 0.25) is 0 Å². The molecule has 1 atom stereocenters. The van der Waals surface area contributed by atoms with Crippen LogP contribution >= 0.6 is 0 Å². The van der Waals surface area contributed by atoms with E-state index < -0.39 is 0 Å². The van der Waals surface area contributed by atoms with Crippen LogP contribution in [0, 0.1) is 0 Å². The van der Waals surface area contributed by atoms with Crippen LogP contribution in [-0.2, 0) is 16.1 Å². The number of hydrogen-bond acceptors (Lipinski definition) is 5. The van der Waals surface area contributed by atoms with E-state index in [4.69, 9.17) is 4.74 Å². The number of ether oxygens (including phenoxy) is 1. The molecule has 0 radical (unpaired) electrons. The molecule has 128 valence electrons. The second-order valence-corrected chi connectivity index (χ2v) is 6.03. The van der Waals surface area contributed by atoms with Crippen molar-refractivity contribution in [1.82, 2.24) is 9.55 Å². The summed E-state index contributed by atoms with van der Waals surface area (Å²) in [4.78, 5) is 17.9. The first-order chi connectivity index (χ1) is 11.7. The lowest BCUT2D eigenvalue weighted by atomic mass is 9.98. The topological polar surface area (TPSA) is 67.6 Å². The van der Waals surface area contributed by atoms with Gasteiger partial charge in [-0.25, -0.2) is 4.98 Å². The number of aromatic nitrogens is 2. The van der Waals surface area contributed by atoms with E-state index in [0.717, 1.165) is 30.8 Å². The number of imidazole rings is 1. The predicted octanol–water partition coefficient (Wildman–Crippen LogP) is 2.54. The second-order valence-electron chi connectivity index (χ2n) is 6.03. The summed E-state index contributed by atoms with van der Waals surface area (Å²) >= 11 is 0. The number of aryl methyl sites for hydroxylation is 1. The van der Waals surface area contributed by atoms with E-state index in [1.807, 2.05) is 31.6 Å². The first-order valence-corrected chi connectivity index (χ1v) is 8.36. The summed E-state index contributed by atoms with van der Waals surface area (Å²) in [7, 11) is 0. The average Bonchev–Trinajstić information content (AvgIpc) is 3.19. The van der Waals surface area contributed by atoms with E-state index in [0.29, 0.717) is 25.5 Å². The maximum absolute atomic E-state index is 11.6. The highest BCUT2D eigenvalue weighted by Crippen LogP contribution is 2.40. The summed E-state index contributed by atoms with van der Waals surface area (Å²) in [6.07, 6.45) is 6.89. The molecule has 2 heterocycles. The van der Waals surface area contributed by atoms with Crippen LogP contribution < -0.4 is 4.90 Å². The molecule has 6 heteroatoms. The van der Waals surface area contributed by atoms with Gasteiger partial charge in [0.1, 0.15) is 5.75 Å². The minimum Gasteiger partial charge on any atom is -0.508 e. The highest BCUT2D eigenvalue weighted by atomic mass is 16.5. The summed E-state index contributed by atoms with van der Waals surface area (Å²) in [5.41, 5.74) is 2.26. The van der Waals surface area contributed by atoms with Gasteiger partial charge in [0.15, 0.2) is 0 Å². The molecule has 1 aliphatic heterocycles. The smallest absolute Gasteiger partial charge is 0.307 e. The Kier molecular flexibility index (Phi) is 5.03. The number of phenolic OH excluding ortho intramolecular Hbond substituents is 1. The van der Waals surface area contributed by atoms with Crippen LogP contribution in [-0.4, -0.2) is 40.3 Å². The molecule has 1 aliphatic rings. The zero-order chi connectivity index (χ0) is 16.9. The van der Waals surface area contributed by atoms with Gasteiger partial charge in [0, 0.05) is 43.6 Å². The Morgan fingerprint density at radius 2 is 2.29 bits per heavy atom. The van der Waals surface area contributed by atoms with Gasteiger partial charge >= 0.3 is 5.97 Å². The molecular formula is C18H23N3O3. The molecule has 24 heavy (non-hydrogen) atoms. The van der Waals surface area contributed by atoms with Gasteiger partial charge in [-0.05, 0) is 37.1 Å². The van der Waals surface area contributed by atoms with Crippen molar-refractivity contribution in [3.05, 3.63) is 42.5 Å². The number of benzene rings is 1. The number of hydrogen-bond donors (Lipinski definition) is 1. The van der Waals surface area contributed by atoms with E-state index in [2.05, 4.69) is 14.5 Å². The van der Waals surface area contributed by atoms with E-state index >= 15 is 0 Å². The fraction of sp³-hybridized carbons (Fsp3) is 0.444. The normalized spacial score (nSPS) is 16.2. The Bertz CT molecular complexity index is 685. The van der Waals surface area contributed by atoms with Crippen LogP contribution in [0.4, 0.5) is 5.69 Å². The predicted molar refractivity (Wildman–Crippen MR) is 91.2 cm³/mol. The number of phenols is 1. The lowest BCUT2D eigenvalue weighted by molar-refractivity contribution is -0.142. The van der Waals surface area contributed by atoms with Gasteiger partial charge in [0.05, 0.1) is 19.4 Å². The van der Waals surface area contributed by atoms with Crippen molar-refractivity contribution < 1.29 is 14.6 Å². The van der Waals surface area contributed by atoms with Gasteiger partial charge in [-0.15, -0.1) is 0 Å². The minimum absolute atomic E-state index is 0.167. The van der Waals surface area contributed by atoms with Crippen LogP contribution in [0.5, 0.6) is 5.75 Å². The van der Waals surface area contributed by atoms with E-state index in [-0.39, 0.29) is 11.7 Å². The van der Waals surface area contributed by atoms with Crippen LogP contribution in [0.25, 0.3) is 0 Å². The van der Waals surface area contributed by atoms with Gasteiger partial charge in [-0.2, -0.15) is 0 Å². The monoisotopic (exact) mass is 329 g/mol. The average molecular weight is 329 g/mol. The Labute approximate surface area is 141 Å². The molecule has 0 saturated carbocycles. The summed E-state index contributed by atoms with van der Waals surface area (Å²) in [5.74, 6) is 0.449. The number of fused-ring (bicyclic) bond motifs is 1. The third kappa shape index (κ3) is 3.69. The Morgan fingerprint density at radius 1 is 1.42 bits per heavy atom. The molecule has 3 rings (SSSR count). The van der Waals surface area contributed by atoms with Crippen LogP contribution in [0.15, 0.2) is 36.9 Å². The van der Waals surface area contributed by atoms with Gasteiger partial charge in [-0.3, -0.25) is 4.79 Å². The highest BCUT2D eigenvalue weighted by molar-refractivity contribution is 5.71.